The van der Waals surface area contributed by atoms with Gasteiger partial charge in [0.05, 0.1) is 5.41 Å². The van der Waals surface area contributed by atoms with Crippen LogP contribution >= 0.6 is 0 Å². The van der Waals surface area contributed by atoms with Crippen LogP contribution in [0.2, 0.25) is 0 Å². The Bertz CT molecular complexity index is 770. The summed E-state index contributed by atoms with van der Waals surface area (Å²) in [4.78, 5) is 27.7. The third kappa shape index (κ3) is 5.35. The molecule has 2 N–H and O–H groups in total. The predicted molar refractivity (Wildman–Crippen MR) is 96.3 cm³/mol. The molecule has 0 aliphatic rings. The Hall–Kier alpha value is -2.77. The Kier molecular flexibility index (Phi) is 7.04. The molecule has 1 heterocycles. The number of carbonyl (C=O) groups excluding carboxylic acids is 1. The number of aryl methyl sites for hydroxylation is 1. The van der Waals surface area contributed by atoms with Crippen molar-refractivity contribution in [2.24, 2.45) is 5.41 Å². The van der Waals surface area contributed by atoms with Crippen LogP contribution in [0.1, 0.15) is 45.4 Å². The number of aromatic nitrogens is 2. The summed E-state index contributed by atoms with van der Waals surface area (Å²) in [6.45, 7) is 3.72. The van der Waals surface area contributed by atoms with Gasteiger partial charge in [0, 0.05) is 24.9 Å². The zero-order valence-electron chi connectivity index (χ0n) is 15.5. The number of aliphatic carboxylic acids is 1. The molecule has 146 valence electrons. The van der Waals surface area contributed by atoms with E-state index in [9.17, 15) is 19.1 Å². The maximum atomic E-state index is 12.9. The highest BCUT2D eigenvalue weighted by atomic mass is 19.1. The van der Waals surface area contributed by atoms with Gasteiger partial charge in [-0.15, -0.1) is 0 Å². The molecule has 0 fully saturated rings. The Morgan fingerprint density at radius 1 is 1.22 bits per heavy atom. The second-order valence-electron chi connectivity index (χ2n) is 6.44. The molecule has 2 aromatic rings. The average molecular weight is 377 g/mol. The van der Waals surface area contributed by atoms with E-state index in [1.807, 2.05) is 0 Å². The third-order valence-electron chi connectivity index (χ3n) is 4.80. The van der Waals surface area contributed by atoms with E-state index in [1.165, 1.54) is 12.1 Å². The van der Waals surface area contributed by atoms with Gasteiger partial charge in [0.2, 0.25) is 17.6 Å². The SMILES string of the molecule is CCC(CC)(CNC(=O)CCCc1nc(-c2ccc(F)cc2)no1)C(=O)O. The van der Waals surface area contributed by atoms with Crippen molar-refractivity contribution < 1.29 is 23.6 Å². The van der Waals surface area contributed by atoms with E-state index in [0.717, 1.165) is 0 Å². The molecule has 0 aliphatic carbocycles. The molecule has 0 saturated carbocycles. The maximum absolute atomic E-state index is 12.9. The lowest BCUT2D eigenvalue weighted by Crippen LogP contribution is -2.42. The second-order valence-corrected chi connectivity index (χ2v) is 6.44. The summed E-state index contributed by atoms with van der Waals surface area (Å²) < 4.78 is 18.1. The zero-order valence-corrected chi connectivity index (χ0v) is 15.5. The molecule has 0 saturated heterocycles. The largest absolute Gasteiger partial charge is 0.481 e. The summed E-state index contributed by atoms with van der Waals surface area (Å²) in [5, 5.41) is 15.9. The highest BCUT2D eigenvalue weighted by molar-refractivity contribution is 5.79. The third-order valence-corrected chi connectivity index (χ3v) is 4.80. The number of halogens is 1. The van der Waals surface area contributed by atoms with Gasteiger partial charge in [-0.1, -0.05) is 19.0 Å². The van der Waals surface area contributed by atoms with Gasteiger partial charge in [-0.25, -0.2) is 4.39 Å². The van der Waals surface area contributed by atoms with Crippen molar-refractivity contribution in [2.45, 2.75) is 46.0 Å². The molecule has 1 amide bonds. The molecule has 0 atom stereocenters. The number of carboxylic acids is 1. The number of hydrogen-bond acceptors (Lipinski definition) is 5. The van der Waals surface area contributed by atoms with Crippen LogP contribution in [0, 0.1) is 11.2 Å². The van der Waals surface area contributed by atoms with E-state index >= 15 is 0 Å². The van der Waals surface area contributed by atoms with Crippen LogP contribution in [0.5, 0.6) is 0 Å². The van der Waals surface area contributed by atoms with Gasteiger partial charge in [0.1, 0.15) is 5.82 Å². The lowest BCUT2D eigenvalue weighted by Gasteiger charge is -2.26. The Morgan fingerprint density at radius 2 is 1.89 bits per heavy atom. The standard InChI is InChI=1S/C19H24FN3O4/c1-3-19(4-2,18(25)26)12-21-15(24)6-5-7-16-22-17(23-27-16)13-8-10-14(20)11-9-13/h8-11H,3-7,12H2,1-2H3,(H,21,24)(H,25,26). The van der Waals surface area contributed by atoms with Crippen LogP contribution in [0.15, 0.2) is 28.8 Å². The highest BCUT2D eigenvalue weighted by Gasteiger charge is 2.34. The molecule has 27 heavy (non-hydrogen) atoms. The van der Waals surface area contributed by atoms with Crippen LogP contribution in [0.3, 0.4) is 0 Å². The molecule has 7 nitrogen and oxygen atoms in total. The maximum Gasteiger partial charge on any atom is 0.311 e. The summed E-state index contributed by atoms with van der Waals surface area (Å²) in [6.07, 6.45) is 2.06. The number of nitrogens with one attached hydrogen (secondary N) is 1. The molecule has 1 aromatic carbocycles. The number of nitrogens with zero attached hydrogens (tertiary/aromatic N) is 2. The van der Waals surface area contributed by atoms with Crippen molar-refractivity contribution in [3.63, 3.8) is 0 Å². The minimum Gasteiger partial charge on any atom is -0.481 e. The van der Waals surface area contributed by atoms with Gasteiger partial charge >= 0.3 is 5.97 Å². The minimum absolute atomic E-state index is 0.115. The minimum atomic E-state index is -0.924. The van der Waals surface area contributed by atoms with Crippen molar-refractivity contribution in [2.75, 3.05) is 6.54 Å². The first-order valence-electron chi connectivity index (χ1n) is 8.99. The average Bonchev–Trinajstić information content (AvgIpc) is 3.12. The summed E-state index contributed by atoms with van der Waals surface area (Å²) in [7, 11) is 0. The Balaban J connectivity index is 1.80. The number of benzene rings is 1. The number of hydrogen-bond donors (Lipinski definition) is 2. The quantitative estimate of drug-likeness (QED) is 0.659. The lowest BCUT2D eigenvalue weighted by molar-refractivity contribution is -0.149. The molecule has 0 unspecified atom stereocenters. The first-order chi connectivity index (χ1) is 12.9. The first-order valence-corrected chi connectivity index (χ1v) is 8.99. The van der Waals surface area contributed by atoms with Gasteiger partial charge in [-0.2, -0.15) is 4.98 Å². The van der Waals surface area contributed by atoms with E-state index < -0.39 is 11.4 Å². The summed E-state index contributed by atoms with van der Waals surface area (Å²) in [6, 6.07) is 5.76. The van der Waals surface area contributed by atoms with Gasteiger partial charge in [-0.05, 0) is 43.5 Å². The van der Waals surface area contributed by atoms with Gasteiger partial charge in [0.15, 0.2) is 0 Å². The van der Waals surface area contributed by atoms with Crippen LogP contribution in [0.25, 0.3) is 11.4 Å². The molecule has 2 rings (SSSR count). The number of rotatable bonds is 10. The van der Waals surface area contributed by atoms with Crippen molar-refractivity contribution >= 4 is 11.9 Å². The number of amides is 1. The molecule has 1 aromatic heterocycles. The fourth-order valence-corrected chi connectivity index (χ4v) is 2.71. The smallest absolute Gasteiger partial charge is 0.311 e. The fourth-order valence-electron chi connectivity index (χ4n) is 2.71. The second kappa shape index (κ2) is 9.25. The molecular weight excluding hydrogens is 353 g/mol. The Morgan fingerprint density at radius 3 is 2.48 bits per heavy atom. The van der Waals surface area contributed by atoms with E-state index in [0.29, 0.717) is 43.0 Å². The van der Waals surface area contributed by atoms with Gasteiger partial charge < -0.3 is 14.9 Å². The molecule has 8 heteroatoms. The predicted octanol–water partition coefficient (Wildman–Crippen LogP) is 3.21. The monoisotopic (exact) mass is 377 g/mol. The van der Waals surface area contributed by atoms with Gasteiger partial charge in [-0.3, -0.25) is 9.59 Å². The molecule has 0 aliphatic heterocycles. The molecule has 0 radical (unpaired) electrons. The van der Waals surface area contributed by atoms with E-state index in [2.05, 4.69) is 15.5 Å². The fraction of sp³-hybridized carbons (Fsp3) is 0.474. The number of carbonyl (C=O) groups is 2. The van der Waals surface area contributed by atoms with Crippen LogP contribution in [-0.2, 0) is 16.0 Å². The molecule has 0 spiro atoms. The molecule has 0 bridgehead atoms. The number of carboxylic acid groups (broad SMARTS) is 1. The summed E-state index contributed by atoms with van der Waals surface area (Å²) >= 11 is 0. The van der Waals surface area contributed by atoms with Crippen molar-refractivity contribution in [3.05, 3.63) is 36.0 Å². The highest BCUT2D eigenvalue weighted by Crippen LogP contribution is 2.25. The van der Waals surface area contributed by atoms with Gasteiger partial charge in [0.25, 0.3) is 0 Å². The topological polar surface area (TPSA) is 105 Å². The Labute approximate surface area is 157 Å². The lowest BCUT2D eigenvalue weighted by atomic mass is 9.82. The van der Waals surface area contributed by atoms with Crippen LogP contribution in [0.4, 0.5) is 4.39 Å². The normalized spacial score (nSPS) is 11.4. The zero-order chi connectivity index (χ0) is 19.9. The van der Waals surface area contributed by atoms with Crippen molar-refractivity contribution in [1.29, 1.82) is 0 Å². The van der Waals surface area contributed by atoms with Crippen molar-refractivity contribution in [3.8, 4) is 11.4 Å². The van der Waals surface area contributed by atoms with E-state index in [-0.39, 0.29) is 24.7 Å². The van der Waals surface area contributed by atoms with Crippen LogP contribution in [-0.4, -0.2) is 33.7 Å². The first kappa shape index (κ1) is 20.5. The summed E-state index contributed by atoms with van der Waals surface area (Å²) in [5.74, 6) is -0.685. The summed E-state index contributed by atoms with van der Waals surface area (Å²) in [5.41, 5.74) is -0.278. The van der Waals surface area contributed by atoms with E-state index in [1.54, 1.807) is 26.0 Å². The molecular formula is C19H24FN3O4. The van der Waals surface area contributed by atoms with E-state index in [4.69, 9.17) is 4.52 Å². The van der Waals surface area contributed by atoms with Crippen LogP contribution < -0.4 is 5.32 Å². The van der Waals surface area contributed by atoms with Crippen molar-refractivity contribution in [1.82, 2.24) is 15.5 Å².